The van der Waals surface area contributed by atoms with E-state index in [-0.39, 0.29) is 28.5 Å². The largest absolute Gasteiger partial charge is 0.489 e. The fourth-order valence-corrected chi connectivity index (χ4v) is 6.86. The Kier molecular flexibility index (Phi) is 6.40. The first kappa shape index (κ1) is 25.9. The minimum atomic E-state index is -0.199. The van der Waals surface area contributed by atoms with Crippen molar-refractivity contribution in [2.45, 2.75) is 71.8 Å². The molecule has 0 amide bonds. The van der Waals surface area contributed by atoms with Gasteiger partial charge >= 0.3 is 5.97 Å². The number of allylic oxidation sites excluding steroid dienone is 2. The van der Waals surface area contributed by atoms with Crippen LogP contribution in [0.25, 0.3) is 16.7 Å². The molecule has 0 aliphatic heterocycles. The molecule has 0 heterocycles. The molecule has 3 aliphatic rings. The Morgan fingerprint density at radius 2 is 1.85 bits per heavy atom. The number of benzene rings is 3. The van der Waals surface area contributed by atoms with E-state index in [0.29, 0.717) is 18.8 Å². The highest BCUT2D eigenvalue weighted by Crippen LogP contribution is 2.62. The van der Waals surface area contributed by atoms with E-state index in [1.54, 1.807) is 6.07 Å². The van der Waals surface area contributed by atoms with Gasteiger partial charge in [-0.25, -0.2) is 4.39 Å². The molecule has 3 aromatic rings. The highest BCUT2D eigenvalue weighted by molar-refractivity contribution is 5.85. The van der Waals surface area contributed by atoms with Crippen LogP contribution in [0.5, 0.6) is 5.75 Å². The van der Waals surface area contributed by atoms with Crippen LogP contribution in [0.15, 0.2) is 60.7 Å². The molecule has 0 saturated heterocycles. The minimum Gasteiger partial charge on any atom is -0.489 e. The van der Waals surface area contributed by atoms with Crippen LogP contribution in [0.3, 0.4) is 0 Å². The van der Waals surface area contributed by atoms with Crippen molar-refractivity contribution in [2.24, 2.45) is 11.3 Å². The lowest BCUT2D eigenvalue weighted by atomic mass is 9.79. The molecule has 4 heteroatoms. The van der Waals surface area contributed by atoms with Crippen molar-refractivity contribution < 1.29 is 18.7 Å². The second-order valence-corrected chi connectivity index (χ2v) is 12.2. The molecule has 6 rings (SSSR count). The summed E-state index contributed by atoms with van der Waals surface area (Å²) in [6.07, 6.45) is 7.29. The predicted octanol–water partition coefficient (Wildman–Crippen LogP) is 8.35. The van der Waals surface area contributed by atoms with Gasteiger partial charge in [-0.3, -0.25) is 4.79 Å². The van der Waals surface area contributed by atoms with Crippen molar-refractivity contribution in [1.29, 1.82) is 0 Å². The van der Waals surface area contributed by atoms with Crippen molar-refractivity contribution in [3.05, 3.63) is 94.3 Å². The van der Waals surface area contributed by atoms with E-state index in [4.69, 9.17) is 9.47 Å². The first-order chi connectivity index (χ1) is 18.7. The van der Waals surface area contributed by atoms with Gasteiger partial charge in [-0.2, -0.15) is 0 Å². The molecular formula is C35H37FO3. The summed E-state index contributed by atoms with van der Waals surface area (Å²) in [5.74, 6) is 0.517. The molecule has 3 aliphatic carbocycles. The topological polar surface area (TPSA) is 35.5 Å². The zero-order chi connectivity index (χ0) is 27.4. The molecule has 3 aromatic carbocycles. The Labute approximate surface area is 231 Å². The normalized spacial score (nSPS) is 22.5. The molecule has 1 saturated carbocycles. The number of carbonyl (C=O) groups is 1. The molecule has 1 spiro atoms. The Morgan fingerprint density at radius 1 is 1.00 bits per heavy atom. The molecule has 2 atom stereocenters. The van der Waals surface area contributed by atoms with Gasteiger partial charge < -0.3 is 9.47 Å². The van der Waals surface area contributed by atoms with Crippen LogP contribution in [-0.2, 0) is 28.0 Å². The smallest absolute Gasteiger partial charge is 0.309 e. The molecule has 3 nitrogen and oxygen atoms in total. The number of aryl methyl sites for hydroxylation is 2. The summed E-state index contributed by atoms with van der Waals surface area (Å²) >= 11 is 0. The van der Waals surface area contributed by atoms with Crippen molar-refractivity contribution in [1.82, 2.24) is 0 Å². The average molecular weight is 525 g/mol. The maximum atomic E-state index is 15.0. The first-order valence-electron chi connectivity index (χ1n) is 14.3. The number of rotatable bonds is 7. The minimum absolute atomic E-state index is 0.0303. The number of hydrogen-bond donors (Lipinski definition) is 0. The highest BCUT2D eigenvalue weighted by atomic mass is 19.1. The number of halogens is 1. The second-order valence-electron chi connectivity index (χ2n) is 12.2. The average Bonchev–Trinajstić information content (AvgIpc) is 3.39. The first-order valence-corrected chi connectivity index (χ1v) is 14.3. The fraction of sp³-hybridized carbons (Fsp3) is 0.400. The summed E-state index contributed by atoms with van der Waals surface area (Å²) < 4.78 is 26.7. The van der Waals surface area contributed by atoms with Crippen LogP contribution in [0, 0.1) is 24.1 Å². The molecule has 39 heavy (non-hydrogen) atoms. The van der Waals surface area contributed by atoms with Crippen molar-refractivity contribution in [2.75, 3.05) is 6.61 Å². The summed E-state index contributed by atoms with van der Waals surface area (Å²) in [4.78, 5) is 12.4. The van der Waals surface area contributed by atoms with E-state index in [9.17, 15) is 4.79 Å². The molecule has 0 unspecified atom stereocenters. The molecule has 202 valence electrons. The van der Waals surface area contributed by atoms with Crippen LogP contribution < -0.4 is 4.74 Å². The van der Waals surface area contributed by atoms with Gasteiger partial charge in [-0.05, 0) is 115 Å². The van der Waals surface area contributed by atoms with Crippen LogP contribution in [0.1, 0.15) is 74.3 Å². The summed E-state index contributed by atoms with van der Waals surface area (Å²) in [5.41, 5.74) is 8.56. The summed E-state index contributed by atoms with van der Waals surface area (Å²) in [6.45, 7) is 9.25. The van der Waals surface area contributed by atoms with Gasteiger partial charge in [0.1, 0.15) is 18.2 Å². The van der Waals surface area contributed by atoms with E-state index in [2.05, 4.69) is 44.2 Å². The zero-order valence-electron chi connectivity index (χ0n) is 23.4. The van der Waals surface area contributed by atoms with E-state index in [0.717, 1.165) is 60.1 Å². The van der Waals surface area contributed by atoms with Gasteiger partial charge in [0, 0.05) is 11.0 Å². The van der Waals surface area contributed by atoms with Crippen LogP contribution in [0.4, 0.5) is 4.39 Å². The van der Waals surface area contributed by atoms with Crippen LogP contribution in [0.2, 0.25) is 0 Å². The van der Waals surface area contributed by atoms with Gasteiger partial charge in [0.25, 0.3) is 0 Å². The summed E-state index contributed by atoms with van der Waals surface area (Å²) in [5, 5.41) is 0. The fourth-order valence-electron chi connectivity index (χ4n) is 6.86. The molecule has 0 bridgehead atoms. The molecule has 0 radical (unpaired) electrons. The molecule has 0 aromatic heterocycles. The Bertz CT molecular complexity index is 1480. The quantitative estimate of drug-likeness (QED) is 0.291. The Morgan fingerprint density at radius 3 is 2.62 bits per heavy atom. The molecule has 1 fully saturated rings. The lowest BCUT2D eigenvalue weighted by Crippen LogP contribution is -2.15. The number of hydrogen-bond acceptors (Lipinski definition) is 3. The predicted molar refractivity (Wildman–Crippen MR) is 153 cm³/mol. The van der Waals surface area contributed by atoms with Crippen LogP contribution in [-0.4, -0.2) is 12.6 Å². The number of esters is 1. The SMILES string of the molecule is CCOC(=O)[C@@H]1C[C@@]12CCc1ccc(OCc3ccc(-c4cc(C)ccc4F)c(C4=CCCC4(C)C)c3)cc12. The Hall–Kier alpha value is -3.40. The maximum Gasteiger partial charge on any atom is 0.309 e. The van der Waals surface area contributed by atoms with E-state index in [1.807, 2.05) is 38.1 Å². The van der Waals surface area contributed by atoms with Crippen molar-refractivity contribution >= 4 is 11.5 Å². The molecule has 0 N–H and O–H groups in total. The van der Waals surface area contributed by atoms with Crippen LogP contribution >= 0.6 is 0 Å². The monoisotopic (exact) mass is 524 g/mol. The second kappa shape index (κ2) is 9.66. The third-order valence-corrected chi connectivity index (χ3v) is 9.14. The summed E-state index contributed by atoms with van der Waals surface area (Å²) in [7, 11) is 0. The van der Waals surface area contributed by atoms with Gasteiger partial charge in [-0.1, -0.05) is 49.8 Å². The van der Waals surface area contributed by atoms with Gasteiger partial charge in [0.05, 0.1) is 12.5 Å². The lowest BCUT2D eigenvalue weighted by molar-refractivity contribution is -0.145. The lowest BCUT2D eigenvalue weighted by Gasteiger charge is -2.25. The van der Waals surface area contributed by atoms with Gasteiger partial charge in [0.2, 0.25) is 0 Å². The van der Waals surface area contributed by atoms with E-state index >= 15 is 4.39 Å². The maximum absolute atomic E-state index is 15.0. The number of ether oxygens (including phenoxy) is 2. The third-order valence-electron chi connectivity index (χ3n) is 9.14. The summed E-state index contributed by atoms with van der Waals surface area (Å²) in [6, 6.07) is 17.9. The van der Waals surface area contributed by atoms with Crippen molar-refractivity contribution in [3.8, 4) is 16.9 Å². The van der Waals surface area contributed by atoms with Gasteiger partial charge in [-0.15, -0.1) is 0 Å². The Balaban J connectivity index is 1.28. The number of fused-ring (bicyclic) bond motifs is 2. The zero-order valence-corrected chi connectivity index (χ0v) is 23.4. The van der Waals surface area contributed by atoms with Gasteiger partial charge in [0.15, 0.2) is 0 Å². The van der Waals surface area contributed by atoms with Crippen molar-refractivity contribution in [3.63, 3.8) is 0 Å². The standard InChI is InChI=1S/C35H37FO3/c1-5-38-33(37)31-20-35(31)16-14-24-10-11-25(19-30(24)35)39-21-23-9-12-26(28-17-22(2)8-13-32(28)36)27(18-23)29-7-6-15-34(29,3)4/h7-13,17-19,31H,5-6,14-16,20-21H2,1-4H3/t31-,35+/m0/s1. The van der Waals surface area contributed by atoms with E-state index < -0.39 is 0 Å². The number of carbonyl (C=O) groups excluding carboxylic acids is 1. The third kappa shape index (κ3) is 4.58. The van der Waals surface area contributed by atoms with E-state index in [1.165, 1.54) is 16.7 Å². The highest BCUT2D eigenvalue weighted by Gasteiger charge is 2.62. The molecular weight excluding hydrogens is 487 g/mol.